The lowest BCUT2D eigenvalue weighted by molar-refractivity contribution is -0.383. The van der Waals surface area contributed by atoms with Crippen LogP contribution in [0.15, 0.2) is 54.6 Å². The Labute approximate surface area is 184 Å². The molecule has 3 rings (SSSR count). The number of rotatable bonds is 8. The second-order valence-electron chi connectivity index (χ2n) is 7.71. The minimum atomic E-state index is -0.375. The molecular weight excluding hydrogens is 396 g/mol. The fourth-order valence-corrected chi connectivity index (χ4v) is 4.35. The van der Waals surface area contributed by atoms with E-state index in [1.165, 1.54) is 11.6 Å². The number of likely N-dealkylation sites (tertiary alicyclic amines) is 1. The second-order valence-corrected chi connectivity index (χ2v) is 8.09. The van der Waals surface area contributed by atoms with Crippen molar-refractivity contribution in [3.05, 3.63) is 70.3 Å². The van der Waals surface area contributed by atoms with Crippen molar-refractivity contribution in [2.45, 2.75) is 38.6 Å². The van der Waals surface area contributed by atoms with Gasteiger partial charge in [0.1, 0.15) is 5.69 Å². The summed E-state index contributed by atoms with van der Waals surface area (Å²) >= 11 is 5.67. The molecule has 0 radical (unpaired) electrons. The third-order valence-electron chi connectivity index (χ3n) is 5.63. The molecule has 2 aromatic rings. The molecule has 0 spiro atoms. The van der Waals surface area contributed by atoms with Crippen LogP contribution < -0.4 is 5.32 Å². The van der Waals surface area contributed by atoms with Gasteiger partial charge in [0.15, 0.2) is 5.11 Å². The minimum absolute atomic E-state index is 0.0482. The molecule has 1 heterocycles. The number of hydrogen-bond donors (Lipinski definition) is 1. The summed E-state index contributed by atoms with van der Waals surface area (Å²) in [6.45, 7) is 6.15. The van der Waals surface area contributed by atoms with Crippen LogP contribution in [0.5, 0.6) is 0 Å². The van der Waals surface area contributed by atoms with Crippen LogP contribution in [0.25, 0.3) is 0 Å². The second kappa shape index (κ2) is 11.0. The molecule has 2 aromatic carbocycles. The van der Waals surface area contributed by atoms with Crippen molar-refractivity contribution in [3.8, 4) is 0 Å². The average molecular weight is 427 g/mol. The number of nitro benzene ring substituents is 1. The molecule has 0 atom stereocenters. The summed E-state index contributed by atoms with van der Waals surface area (Å²) in [6.07, 6.45) is 4.15. The van der Waals surface area contributed by atoms with Crippen molar-refractivity contribution in [2.24, 2.45) is 0 Å². The first-order chi connectivity index (χ1) is 14.6. The van der Waals surface area contributed by atoms with Crippen LogP contribution in [-0.2, 0) is 6.42 Å². The van der Waals surface area contributed by atoms with E-state index in [1.54, 1.807) is 18.2 Å². The van der Waals surface area contributed by atoms with Crippen LogP contribution in [-0.4, -0.2) is 52.1 Å². The van der Waals surface area contributed by atoms with Gasteiger partial charge in [0.2, 0.25) is 0 Å². The number of thiocarbonyl (C=S) groups is 1. The highest BCUT2D eigenvalue weighted by molar-refractivity contribution is 7.80. The average Bonchev–Trinajstić information content (AvgIpc) is 2.77. The van der Waals surface area contributed by atoms with Crippen molar-refractivity contribution < 1.29 is 4.92 Å². The van der Waals surface area contributed by atoms with Gasteiger partial charge >= 0.3 is 0 Å². The number of nitrogens with zero attached hydrogens (tertiary/aromatic N) is 3. The number of para-hydroxylation sites is 2. The van der Waals surface area contributed by atoms with Crippen LogP contribution in [0.3, 0.4) is 0 Å². The van der Waals surface area contributed by atoms with Gasteiger partial charge < -0.3 is 15.1 Å². The standard InChI is InChI=1S/C23H30N4O2S/c1-2-15-26(23(30)24-21-10-6-7-11-22(21)27(28)29)20-13-17-25(18-14-20)16-12-19-8-4-3-5-9-19/h3-11,20H,2,12-18H2,1H3,(H,24,30). The van der Waals surface area contributed by atoms with E-state index in [9.17, 15) is 10.1 Å². The highest BCUT2D eigenvalue weighted by Gasteiger charge is 2.26. The molecule has 0 amide bonds. The topological polar surface area (TPSA) is 61.6 Å². The van der Waals surface area contributed by atoms with Crippen LogP contribution in [0.1, 0.15) is 31.7 Å². The van der Waals surface area contributed by atoms with E-state index in [0.29, 0.717) is 16.8 Å². The van der Waals surface area contributed by atoms with Gasteiger partial charge in [-0.1, -0.05) is 49.4 Å². The molecule has 30 heavy (non-hydrogen) atoms. The Morgan fingerprint density at radius 3 is 2.50 bits per heavy atom. The third-order valence-corrected chi connectivity index (χ3v) is 5.96. The molecule has 160 valence electrons. The monoisotopic (exact) mass is 426 g/mol. The van der Waals surface area contributed by atoms with Gasteiger partial charge in [-0.05, 0) is 49.5 Å². The van der Waals surface area contributed by atoms with Gasteiger partial charge in [-0.15, -0.1) is 0 Å². The Balaban J connectivity index is 1.56. The molecule has 0 unspecified atom stereocenters. The van der Waals surface area contributed by atoms with E-state index in [2.05, 4.69) is 52.4 Å². The zero-order valence-corrected chi connectivity index (χ0v) is 18.3. The molecule has 0 saturated carbocycles. The molecule has 0 aromatic heterocycles. The smallest absolute Gasteiger partial charge is 0.292 e. The molecule has 0 bridgehead atoms. The van der Waals surface area contributed by atoms with Crippen LogP contribution in [0.4, 0.5) is 11.4 Å². The fraction of sp³-hybridized carbons (Fsp3) is 0.435. The maximum Gasteiger partial charge on any atom is 0.292 e. The summed E-state index contributed by atoms with van der Waals surface area (Å²) in [5.41, 5.74) is 1.88. The lowest BCUT2D eigenvalue weighted by Crippen LogP contribution is -2.49. The summed E-state index contributed by atoms with van der Waals surface area (Å²) in [5, 5.41) is 15.0. The Morgan fingerprint density at radius 1 is 1.17 bits per heavy atom. The summed E-state index contributed by atoms with van der Waals surface area (Å²) < 4.78 is 0. The van der Waals surface area contributed by atoms with Gasteiger partial charge in [0, 0.05) is 38.3 Å². The Morgan fingerprint density at radius 2 is 1.83 bits per heavy atom. The first-order valence-electron chi connectivity index (χ1n) is 10.7. The molecule has 1 saturated heterocycles. The summed E-state index contributed by atoms with van der Waals surface area (Å²) in [7, 11) is 0. The first-order valence-corrected chi connectivity index (χ1v) is 11.1. The lowest BCUT2D eigenvalue weighted by Gasteiger charge is -2.39. The summed E-state index contributed by atoms with van der Waals surface area (Å²) in [6, 6.07) is 17.6. The molecule has 1 aliphatic heterocycles. The maximum absolute atomic E-state index is 11.3. The van der Waals surface area contributed by atoms with Gasteiger partial charge in [0.25, 0.3) is 5.69 Å². The number of nitro groups is 1. The van der Waals surface area contributed by atoms with Crippen molar-refractivity contribution in [2.75, 3.05) is 31.5 Å². The number of piperidine rings is 1. The molecule has 6 nitrogen and oxygen atoms in total. The van der Waals surface area contributed by atoms with E-state index < -0.39 is 0 Å². The van der Waals surface area contributed by atoms with Crippen molar-refractivity contribution in [1.29, 1.82) is 0 Å². The zero-order valence-electron chi connectivity index (χ0n) is 17.5. The van der Waals surface area contributed by atoms with E-state index in [-0.39, 0.29) is 10.6 Å². The van der Waals surface area contributed by atoms with Crippen LogP contribution in [0.2, 0.25) is 0 Å². The van der Waals surface area contributed by atoms with Crippen LogP contribution in [0, 0.1) is 10.1 Å². The Hall–Kier alpha value is -2.51. The predicted molar refractivity (Wildman–Crippen MR) is 126 cm³/mol. The highest BCUT2D eigenvalue weighted by Crippen LogP contribution is 2.25. The van der Waals surface area contributed by atoms with E-state index in [1.807, 2.05) is 0 Å². The van der Waals surface area contributed by atoms with Gasteiger partial charge in [-0.3, -0.25) is 10.1 Å². The minimum Gasteiger partial charge on any atom is -0.346 e. The number of anilines is 1. The maximum atomic E-state index is 11.3. The summed E-state index contributed by atoms with van der Waals surface area (Å²) in [4.78, 5) is 15.7. The normalized spacial score (nSPS) is 15.0. The number of benzene rings is 2. The quantitative estimate of drug-likeness (QED) is 0.375. The van der Waals surface area contributed by atoms with E-state index >= 15 is 0 Å². The molecule has 1 N–H and O–H groups in total. The lowest BCUT2D eigenvalue weighted by atomic mass is 10.0. The van der Waals surface area contributed by atoms with Crippen molar-refractivity contribution in [3.63, 3.8) is 0 Å². The Kier molecular flexibility index (Phi) is 8.16. The summed E-state index contributed by atoms with van der Waals surface area (Å²) in [5.74, 6) is 0. The number of hydrogen-bond acceptors (Lipinski definition) is 4. The van der Waals surface area contributed by atoms with E-state index in [0.717, 1.165) is 51.9 Å². The number of nitrogens with one attached hydrogen (secondary N) is 1. The largest absolute Gasteiger partial charge is 0.346 e. The highest BCUT2D eigenvalue weighted by atomic mass is 32.1. The van der Waals surface area contributed by atoms with Gasteiger partial charge in [-0.25, -0.2) is 0 Å². The van der Waals surface area contributed by atoms with Crippen LogP contribution >= 0.6 is 12.2 Å². The molecule has 7 heteroatoms. The molecule has 1 fully saturated rings. The van der Waals surface area contributed by atoms with Crippen molar-refractivity contribution in [1.82, 2.24) is 9.80 Å². The van der Waals surface area contributed by atoms with Gasteiger partial charge in [0.05, 0.1) is 4.92 Å². The van der Waals surface area contributed by atoms with Crippen molar-refractivity contribution >= 4 is 28.7 Å². The first kappa shape index (κ1) is 22.2. The molecule has 1 aliphatic rings. The zero-order chi connectivity index (χ0) is 21.3. The molecular formula is C23H30N4O2S. The molecule has 0 aliphatic carbocycles. The predicted octanol–water partition coefficient (Wildman–Crippen LogP) is 4.71. The SMILES string of the molecule is CCCN(C(=S)Nc1ccccc1[N+](=O)[O-])C1CCN(CCc2ccccc2)CC1. The van der Waals surface area contributed by atoms with Gasteiger partial charge in [-0.2, -0.15) is 0 Å². The Bertz CT molecular complexity index is 838. The van der Waals surface area contributed by atoms with E-state index in [4.69, 9.17) is 12.2 Å². The fourth-order valence-electron chi connectivity index (χ4n) is 4.00. The third kappa shape index (κ3) is 6.00.